The predicted octanol–water partition coefficient (Wildman–Crippen LogP) is 3.72. The molecule has 9 nitrogen and oxygen atoms in total. The van der Waals surface area contributed by atoms with Crippen LogP contribution in [0.4, 0.5) is 16.2 Å². The molecule has 3 amide bonds. The SMILES string of the molecule is CCc1ccc(N2C(=O)N(CC(=O)NCc3cccc(OC)c3OC)c3ccccc3S2(=O)=O)cc1. The lowest BCUT2D eigenvalue weighted by atomic mass is 10.1. The van der Waals surface area contributed by atoms with E-state index in [1.807, 2.05) is 6.92 Å². The van der Waals surface area contributed by atoms with E-state index in [-0.39, 0.29) is 29.4 Å². The zero-order chi connectivity index (χ0) is 25.9. The summed E-state index contributed by atoms with van der Waals surface area (Å²) >= 11 is 0. The number of ether oxygens (including phenoxy) is 2. The van der Waals surface area contributed by atoms with Crippen LogP contribution in [0.1, 0.15) is 18.1 Å². The van der Waals surface area contributed by atoms with Gasteiger partial charge in [0.05, 0.1) is 25.6 Å². The number of para-hydroxylation sites is 2. The van der Waals surface area contributed by atoms with Crippen LogP contribution >= 0.6 is 0 Å². The van der Waals surface area contributed by atoms with Gasteiger partial charge in [-0.05, 0) is 42.3 Å². The minimum atomic E-state index is -4.17. The Balaban J connectivity index is 1.62. The molecule has 0 unspecified atom stereocenters. The van der Waals surface area contributed by atoms with Gasteiger partial charge in [0, 0.05) is 12.1 Å². The first-order valence-corrected chi connectivity index (χ1v) is 12.8. The molecule has 0 spiro atoms. The fourth-order valence-corrected chi connectivity index (χ4v) is 5.66. The number of hydrogen-bond donors (Lipinski definition) is 1. The maximum atomic E-state index is 13.5. The Bertz CT molecular complexity index is 1390. The molecule has 3 aromatic rings. The van der Waals surface area contributed by atoms with E-state index in [9.17, 15) is 18.0 Å². The fraction of sp³-hybridized carbons (Fsp3) is 0.231. The number of nitrogens with one attached hydrogen (secondary N) is 1. The average molecular weight is 510 g/mol. The third kappa shape index (κ3) is 4.59. The number of urea groups is 1. The third-order valence-corrected chi connectivity index (χ3v) is 7.67. The van der Waals surface area contributed by atoms with Crippen molar-refractivity contribution < 1.29 is 27.5 Å². The van der Waals surface area contributed by atoms with Gasteiger partial charge >= 0.3 is 6.03 Å². The summed E-state index contributed by atoms with van der Waals surface area (Å²) in [6.45, 7) is 1.74. The van der Waals surface area contributed by atoms with E-state index < -0.39 is 22.0 Å². The van der Waals surface area contributed by atoms with Crippen molar-refractivity contribution in [2.24, 2.45) is 0 Å². The average Bonchev–Trinajstić information content (AvgIpc) is 2.89. The van der Waals surface area contributed by atoms with E-state index in [2.05, 4.69) is 5.32 Å². The molecule has 0 saturated heterocycles. The summed E-state index contributed by atoms with van der Waals surface area (Å²) in [6, 6.07) is 17.4. The number of carbonyl (C=O) groups excluding carboxylic acids is 2. The van der Waals surface area contributed by atoms with Gasteiger partial charge in [-0.15, -0.1) is 0 Å². The van der Waals surface area contributed by atoms with Crippen molar-refractivity contribution in [1.82, 2.24) is 5.32 Å². The Hall–Kier alpha value is -4.05. The van der Waals surface area contributed by atoms with Gasteiger partial charge in [0.25, 0.3) is 10.0 Å². The summed E-state index contributed by atoms with van der Waals surface area (Å²) < 4.78 is 38.2. The minimum Gasteiger partial charge on any atom is -0.493 e. The Morgan fingerprint density at radius 1 is 0.944 bits per heavy atom. The molecule has 1 N–H and O–H groups in total. The second-order valence-electron chi connectivity index (χ2n) is 8.06. The molecule has 0 bridgehead atoms. The summed E-state index contributed by atoms with van der Waals surface area (Å²) in [4.78, 5) is 27.6. The van der Waals surface area contributed by atoms with Crippen LogP contribution in [0.25, 0.3) is 0 Å². The first-order valence-electron chi connectivity index (χ1n) is 11.3. The number of hydrogen-bond acceptors (Lipinski definition) is 6. The molecule has 0 aromatic heterocycles. The number of aryl methyl sites for hydroxylation is 1. The van der Waals surface area contributed by atoms with Crippen LogP contribution in [0.2, 0.25) is 0 Å². The summed E-state index contributed by atoms with van der Waals surface area (Å²) in [6.07, 6.45) is 0.772. The van der Waals surface area contributed by atoms with Crippen molar-refractivity contribution >= 4 is 33.3 Å². The summed E-state index contributed by atoms with van der Waals surface area (Å²) in [5.41, 5.74) is 2.05. The van der Waals surface area contributed by atoms with Crippen LogP contribution in [-0.2, 0) is 27.8 Å². The van der Waals surface area contributed by atoms with Gasteiger partial charge in [-0.3, -0.25) is 9.69 Å². The third-order valence-electron chi connectivity index (χ3n) is 5.92. The number of fused-ring (bicyclic) bond motifs is 1. The first kappa shape index (κ1) is 25.1. The number of benzene rings is 3. The molecule has 1 heterocycles. The number of anilines is 2. The summed E-state index contributed by atoms with van der Waals surface area (Å²) in [5, 5.41) is 2.78. The number of carbonyl (C=O) groups is 2. The standard InChI is InChI=1S/C26H27N3O6S/c1-4-18-12-14-20(15-13-18)29-26(31)28(21-9-5-6-11-23(21)36(29,32)33)17-24(30)27-16-19-8-7-10-22(34-2)25(19)35-3/h5-15H,4,16-17H2,1-3H3,(H,27,30). The van der Waals surface area contributed by atoms with Crippen LogP contribution in [0.15, 0.2) is 71.6 Å². The van der Waals surface area contributed by atoms with Gasteiger partial charge < -0.3 is 14.8 Å². The molecule has 0 aliphatic carbocycles. The summed E-state index contributed by atoms with van der Waals surface area (Å²) in [5.74, 6) is 0.551. The lowest BCUT2D eigenvalue weighted by molar-refractivity contribution is -0.119. The van der Waals surface area contributed by atoms with E-state index in [4.69, 9.17) is 9.47 Å². The smallest absolute Gasteiger partial charge is 0.343 e. The molecular formula is C26H27N3O6S. The molecule has 1 aliphatic heterocycles. The highest BCUT2D eigenvalue weighted by atomic mass is 32.2. The van der Waals surface area contributed by atoms with Crippen molar-refractivity contribution in [1.29, 1.82) is 0 Å². The van der Waals surface area contributed by atoms with Crippen LogP contribution in [0.3, 0.4) is 0 Å². The van der Waals surface area contributed by atoms with Crippen molar-refractivity contribution in [3.8, 4) is 11.5 Å². The van der Waals surface area contributed by atoms with Gasteiger partial charge in [-0.2, -0.15) is 4.31 Å². The number of methoxy groups -OCH3 is 2. The molecule has 0 saturated carbocycles. The molecule has 3 aromatic carbocycles. The molecule has 1 aliphatic rings. The zero-order valence-electron chi connectivity index (χ0n) is 20.2. The Morgan fingerprint density at radius 3 is 2.33 bits per heavy atom. The second-order valence-corrected chi connectivity index (χ2v) is 9.81. The Labute approximate surface area is 210 Å². The van der Waals surface area contributed by atoms with Crippen molar-refractivity contribution in [2.45, 2.75) is 24.8 Å². The van der Waals surface area contributed by atoms with Crippen LogP contribution in [0.5, 0.6) is 11.5 Å². The van der Waals surface area contributed by atoms with E-state index in [0.29, 0.717) is 17.1 Å². The molecule has 10 heteroatoms. The molecule has 4 rings (SSSR count). The summed E-state index contributed by atoms with van der Waals surface area (Å²) in [7, 11) is -1.13. The second kappa shape index (κ2) is 10.3. The maximum Gasteiger partial charge on any atom is 0.343 e. The van der Waals surface area contributed by atoms with Crippen LogP contribution in [-0.4, -0.2) is 41.1 Å². The first-order chi connectivity index (χ1) is 17.3. The van der Waals surface area contributed by atoms with E-state index >= 15 is 0 Å². The fourth-order valence-electron chi connectivity index (χ4n) is 4.07. The molecule has 0 radical (unpaired) electrons. The largest absolute Gasteiger partial charge is 0.493 e. The van der Waals surface area contributed by atoms with Crippen molar-refractivity contribution in [3.05, 3.63) is 77.9 Å². The maximum absolute atomic E-state index is 13.5. The van der Waals surface area contributed by atoms with Crippen molar-refractivity contribution in [2.75, 3.05) is 30.0 Å². The number of rotatable bonds is 8. The van der Waals surface area contributed by atoms with Gasteiger partial charge in [-0.1, -0.05) is 43.3 Å². The van der Waals surface area contributed by atoms with Gasteiger partial charge in [0.15, 0.2) is 11.5 Å². The highest BCUT2D eigenvalue weighted by Crippen LogP contribution is 2.37. The number of amides is 3. The molecule has 0 fully saturated rings. The minimum absolute atomic E-state index is 0.0496. The Kier molecular flexibility index (Phi) is 7.16. The molecular weight excluding hydrogens is 482 g/mol. The predicted molar refractivity (Wildman–Crippen MR) is 136 cm³/mol. The molecule has 0 atom stereocenters. The monoisotopic (exact) mass is 509 g/mol. The van der Waals surface area contributed by atoms with Crippen molar-refractivity contribution in [3.63, 3.8) is 0 Å². The highest BCUT2D eigenvalue weighted by Gasteiger charge is 2.43. The van der Waals surface area contributed by atoms with Crippen LogP contribution < -0.4 is 24.0 Å². The van der Waals surface area contributed by atoms with Crippen LogP contribution in [0, 0.1) is 0 Å². The van der Waals surface area contributed by atoms with E-state index in [1.54, 1.807) is 54.6 Å². The quantitative estimate of drug-likeness (QED) is 0.496. The van der Waals surface area contributed by atoms with Gasteiger partial charge in [0.2, 0.25) is 5.91 Å². The Morgan fingerprint density at radius 2 is 1.67 bits per heavy atom. The van der Waals surface area contributed by atoms with E-state index in [0.717, 1.165) is 16.3 Å². The lowest BCUT2D eigenvalue weighted by Gasteiger charge is -2.35. The van der Waals surface area contributed by atoms with E-state index in [1.165, 1.54) is 31.3 Å². The molecule has 36 heavy (non-hydrogen) atoms. The highest BCUT2D eigenvalue weighted by molar-refractivity contribution is 7.94. The van der Waals surface area contributed by atoms with Gasteiger partial charge in [0.1, 0.15) is 11.4 Å². The topological polar surface area (TPSA) is 105 Å². The normalized spacial score (nSPS) is 14.2. The lowest BCUT2D eigenvalue weighted by Crippen LogP contribution is -2.53. The molecule has 188 valence electrons. The van der Waals surface area contributed by atoms with Gasteiger partial charge in [-0.25, -0.2) is 13.2 Å². The number of sulfonamides is 1. The zero-order valence-corrected chi connectivity index (χ0v) is 21.0. The number of nitrogens with zero attached hydrogens (tertiary/aromatic N) is 2.